The maximum atomic E-state index is 12.6. The van der Waals surface area contributed by atoms with E-state index in [4.69, 9.17) is 0 Å². The summed E-state index contributed by atoms with van der Waals surface area (Å²) < 4.78 is 27.9. The van der Waals surface area contributed by atoms with Gasteiger partial charge in [-0.3, -0.25) is 4.98 Å². The summed E-state index contributed by atoms with van der Waals surface area (Å²) in [6.07, 6.45) is 3.41. The van der Waals surface area contributed by atoms with Crippen molar-refractivity contribution in [3.63, 3.8) is 0 Å². The highest BCUT2D eigenvalue weighted by atomic mass is 79.9. The van der Waals surface area contributed by atoms with E-state index < -0.39 is 10.0 Å². The molecule has 6 heteroatoms. The molecule has 0 saturated heterocycles. The fourth-order valence-electron chi connectivity index (χ4n) is 2.29. The van der Waals surface area contributed by atoms with Gasteiger partial charge in [0.25, 0.3) is 0 Å². The third-order valence-corrected chi connectivity index (χ3v) is 5.56. The summed E-state index contributed by atoms with van der Waals surface area (Å²) in [5, 5.41) is 1.54. The Bertz CT molecular complexity index is 732. The molecule has 1 heterocycles. The third-order valence-electron chi connectivity index (χ3n) is 3.35. The minimum Gasteiger partial charge on any atom is -0.256 e. The number of nitrogens with zero attached hydrogens (tertiary/aromatic N) is 1. The topological polar surface area (TPSA) is 59.1 Å². The van der Waals surface area contributed by atoms with Gasteiger partial charge in [0.2, 0.25) is 10.0 Å². The minimum atomic E-state index is -3.54. The van der Waals surface area contributed by atoms with Crippen molar-refractivity contribution in [2.45, 2.75) is 37.6 Å². The van der Waals surface area contributed by atoms with Crippen LogP contribution < -0.4 is 4.72 Å². The second-order valence-electron chi connectivity index (χ2n) is 5.13. The van der Waals surface area contributed by atoms with Crippen molar-refractivity contribution in [2.24, 2.45) is 0 Å². The fraction of sp³-hybridized carbons (Fsp3) is 0.400. The van der Waals surface area contributed by atoms with Gasteiger partial charge in [0.1, 0.15) is 0 Å². The van der Waals surface area contributed by atoms with Crippen LogP contribution in [-0.4, -0.2) is 24.8 Å². The Labute approximate surface area is 134 Å². The molecule has 0 aliphatic heterocycles. The van der Waals surface area contributed by atoms with Crippen LogP contribution in [0, 0.1) is 6.92 Å². The minimum absolute atomic E-state index is 0.0967. The monoisotopic (exact) mass is 370 g/mol. The van der Waals surface area contributed by atoms with Gasteiger partial charge < -0.3 is 0 Å². The Morgan fingerprint density at radius 3 is 2.81 bits per heavy atom. The molecule has 1 aromatic carbocycles. The Kier molecular flexibility index (Phi) is 5.35. The fourth-order valence-corrected chi connectivity index (χ4v) is 4.09. The van der Waals surface area contributed by atoms with Gasteiger partial charge >= 0.3 is 0 Å². The molecule has 2 rings (SSSR count). The summed E-state index contributed by atoms with van der Waals surface area (Å²) in [4.78, 5) is 4.58. The quantitative estimate of drug-likeness (QED) is 0.792. The van der Waals surface area contributed by atoms with Crippen molar-refractivity contribution in [3.05, 3.63) is 36.0 Å². The van der Waals surface area contributed by atoms with Crippen molar-refractivity contribution in [1.82, 2.24) is 9.71 Å². The SMILES string of the molecule is Cc1ccc(S(=O)(=O)NC(C)CCCBr)c2cccnc12. The lowest BCUT2D eigenvalue weighted by molar-refractivity contribution is 0.546. The smallest absolute Gasteiger partial charge is 0.241 e. The van der Waals surface area contributed by atoms with Crippen LogP contribution in [0.15, 0.2) is 35.4 Å². The van der Waals surface area contributed by atoms with E-state index in [0.29, 0.717) is 10.3 Å². The van der Waals surface area contributed by atoms with Gasteiger partial charge in [0, 0.05) is 23.0 Å². The highest BCUT2D eigenvalue weighted by Crippen LogP contribution is 2.24. The van der Waals surface area contributed by atoms with Gasteiger partial charge in [0.15, 0.2) is 0 Å². The molecule has 1 atom stereocenters. The second kappa shape index (κ2) is 6.85. The molecule has 0 fully saturated rings. The number of rotatable bonds is 6. The van der Waals surface area contributed by atoms with Gasteiger partial charge in [0.05, 0.1) is 10.4 Å². The number of alkyl halides is 1. The molecule has 0 aliphatic rings. The molecule has 0 spiro atoms. The number of nitrogens with one attached hydrogen (secondary N) is 1. The molecule has 1 aromatic heterocycles. The van der Waals surface area contributed by atoms with E-state index in [2.05, 4.69) is 25.6 Å². The number of aromatic nitrogens is 1. The number of benzene rings is 1. The van der Waals surface area contributed by atoms with Crippen molar-refractivity contribution in [1.29, 1.82) is 0 Å². The van der Waals surface area contributed by atoms with Crippen LogP contribution in [0.25, 0.3) is 10.9 Å². The summed E-state index contributed by atoms with van der Waals surface area (Å²) in [5.74, 6) is 0. The normalized spacial score (nSPS) is 13.5. The maximum Gasteiger partial charge on any atom is 0.241 e. The number of pyridine rings is 1. The number of hydrogen-bond donors (Lipinski definition) is 1. The Balaban J connectivity index is 2.39. The third kappa shape index (κ3) is 3.81. The van der Waals surface area contributed by atoms with Crippen LogP contribution >= 0.6 is 15.9 Å². The highest BCUT2D eigenvalue weighted by Gasteiger charge is 2.20. The van der Waals surface area contributed by atoms with Crippen LogP contribution in [0.4, 0.5) is 0 Å². The first-order chi connectivity index (χ1) is 9.95. The van der Waals surface area contributed by atoms with Crippen LogP contribution in [-0.2, 0) is 10.0 Å². The van der Waals surface area contributed by atoms with E-state index in [9.17, 15) is 8.42 Å². The van der Waals surface area contributed by atoms with Crippen molar-refractivity contribution < 1.29 is 8.42 Å². The predicted octanol–water partition coefficient (Wildman–Crippen LogP) is 3.39. The molecule has 4 nitrogen and oxygen atoms in total. The van der Waals surface area contributed by atoms with Crippen molar-refractivity contribution in [2.75, 3.05) is 5.33 Å². The van der Waals surface area contributed by atoms with Crippen LogP contribution in [0.3, 0.4) is 0 Å². The van der Waals surface area contributed by atoms with Gasteiger partial charge in [-0.05, 0) is 50.5 Å². The van der Waals surface area contributed by atoms with Crippen molar-refractivity contribution >= 4 is 36.9 Å². The van der Waals surface area contributed by atoms with E-state index in [1.54, 1.807) is 30.5 Å². The average Bonchev–Trinajstić information content (AvgIpc) is 2.45. The molecular formula is C15H19BrN2O2S. The van der Waals surface area contributed by atoms with E-state index in [1.807, 2.05) is 13.8 Å². The van der Waals surface area contributed by atoms with Crippen LogP contribution in [0.1, 0.15) is 25.3 Å². The summed E-state index contributed by atoms with van der Waals surface area (Å²) >= 11 is 3.36. The lowest BCUT2D eigenvalue weighted by atomic mass is 10.1. The van der Waals surface area contributed by atoms with Gasteiger partial charge in [-0.25, -0.2) is 13.1 Å². The lowest BCUT2D eigenvalue weighted by Crippen LogP contribution is -2.32. The van der Waals surface area contributed by atoms with E-state index in [-0.39, 0.29) is 6.04 Å². The summed E-state index contributed by atoms with van der Waals surface area (Å²) in [6.45, 7) is 3.81. The Morgan fingerprint density at radius 2 is 2.10 bits per heavy atom. The number of halogens is 1. The zero-order valence-corrected chi connectivity index (χ0v) is 14.5. The molecule has 0 aliphatic carbocycles. The largest absolute Gasteiger partial charge is 0.256 e. The van der Waals surface area contributed by atoms with Gasteiger partial charge in [-0.1, -0.05) is 22.0 Å². The van der Waals surface area contributed by atoms with Crippen LogP contribution in [0.5, 0.6) is 0 Å². The van der Waals surface area contributed by atoms with Gasteiger partial charge in [-0.2, -0.15) is 0 Å². The molecule has 0 amide bonds. The Morgan fingerprint density at radius 1 is 1.33 bits per heavy atom. The molecule has 0 radical (unpaired) electrons. The maximum absolute atomic E-state index is 12.6. The van der Waals surface area contributed by atoms with Crippen molar-refractivity contribution in [3.8, 4) is 0 Å². The number of fused-ring (bicyclic) bond motifs is 1. The first-order valence-electron chi connectivity index (χ1n) is 6.88. The zero-order chi connectivity index (χ0) is 15.5. The van der Waals surface area contributed by atoms with Gasteiger partial charge in [-0.15, -0.1) is 0 Å². The van der Waals surface area contributed by atoms with Crippen LogP contribution in [0.2, 0.25) is 0 Å². The molecule has 1 unspecified atom stereocenters. The molecule has 1 N–H and O–H groups in total. The number of aryl methyl sites for hydroxylation is 1. The summed E-state index contributed by atoms with van der Waals surface area (Å²) in [6, 6.07) is 6.91. The van der Waals surface area contributed by atoms with E-state index in [1.165, 1.54) is 0 Å². The molecule has 21 heavy (non-hydrogen) atoms. The zero-order valence-electron chi connectivity index (χ0n) is 12.1. The molecule has 114 valence electrons. The number of sulfonamides is 1. The average molecular weight is 371 g/mol. The van der Waals surface area contributed by atoms with E-state index >= 15 is 0 Å². The molecule has 0 saturated carbocycles. The first-order valence-corrected chi connectivity index (χ1v) is 9.49. The lowest BCUT2D eigenvalue weighted by Gasteiger charge is -2.15. The standard InChI is InChI=1S/C15H19BrN2O2S/c1-11-7-8-14(13-6-4-10-17-15(11)13)21(19,20)18-12(2)5-3-9-16/h4,6-8,10,12,18H,3,5,9H2,1-2H3. The molecule has 2 aromatic rings. The predicted molar refractivity (Wildman–Crippen MR) is 89.3 cm³/mol. The molecule has 0 bridgehead atoms. The Hall–Kier alpha value is -0.980. The molecular weight excluding hydrogens is 352 g/mol. The summed E-state index contributed by atoms with van der Waals surface area (Å²) in [5.41, 5.74) is 1.70. The number of hydrogen-bond acceptors (Lipinski definition) is 3. The van der Waals surface area contributed by atoms with E-state index in [0.717, 1.165) is 29.3 Å². The summed E-state index contributed by atoms with van der Waals surface area (Å²) in [7, 11) is -3.54. The first kappa shape index (κ1) is 16.4. The highest BCUT2D eigenvalue weighted by molar-refractivity contribution is 9.09. The second-order valence-corrected chi connectivity index (χ2v) is 7.61.